The van der Waals surface area contributed by atoms with Gasteiger partial charge in [-0.1, -0.05) is 0 Å². The molecule has 10 N–H and O–H groups in total. The number of hydrogen-bond donors (Lipinski definition) is 10. The Labute approximate surface area is 192 Å². The average Bonchev–Trinajstić information content (AvgIpc) is 2.80. The van der Waals surface area contributed by atoms with Crippen molar-refractivity contribution in [1.29, 1.82) is 0 Å². The Morgan fingerprint density at radius 2 is 1.29 bits per heavy atom. The molecule has 0 bridgehead atoms. The number of carboxylic acid groups (broad SMARTS) is 1. The maximum atomic E-state index is 11.6. The molecule has 0 aromatic heterocycles. The van der Waals surface area contributed by atoms with Crippen molar-refractivity contribution in [1.82, 2.24) is 0 Å². The molecule has 15 atom stereocenters. The first-order valence-electron chi connectivity index (χ1n) is 10.4. The monoisotopic (exact) mass is 502 g/mol. The van der Waals surface area contributed by atoms with Crippen LogP contribution in [0.25, 0.3) is 0 Å². The molecule has 198 valence electrons. The molecule has 16 nitrogen and oxygen atoms in total. The maximum absolute atomic E-state index is 11.6. The van der Waals surface area contributed by atoms with E-state index in [1.165, 1.54) is 6.92 Å². The second-order valence-corrected chi connectivity index (χ2v) is 8.36. The SMILES string of the molecule is C[C@@H]1O[C@@H](O[C@H]2[C@H](O[C@H]3[C@H](O)[C@@H](O)[C@H](O)O[C@@H]3C(=O)O)O[C@H](CO)[C@H](O)[C@@H]2O)[C@H](O)[C@H](O)[C@H]1O. The van der Waals surface area contributed by atoms with Crippen LogP contribution >= 0.6 is 0 Å². The van der Waals surface area contributed by atoms with Gasteiger partial charge in [-0.05, 0) is 6.92 Å². The highest BCUT2D eigenvalue weighted by molar-refractivity contribution is 5.73. The van der Waals surface area contributed by atoms with Crippen molar-refractivity contribution in [3.05, 3.63) is 0 Å². The standard InChI is InChI=1S/C18H30O16/c1-3-5(20)7(22)11(26)17(30-3)34-13-8(23)6(21)4(2-19)31-18(13)33-12-9(24)10(25)16(29)32-14(12)15(27)28/h3-14,16-26,29H,2H2,1H3,(H,27,28)/t3-,4+,5-,6-,7+,8-,9+,10+,11+,12-,13+,14-,16+,17-,18-/m0/s1. The third-order valence-electron chi connectivity index (χ3n) is 6.02. The van der Waals surface area contributed by atoms with Crippen molar-refractivity contribution in [3.63, 3.8) is 0 Å². The van der Waals surface area contributed by atoms with E-state index in [2.05, 4.69) is 0 Å². The fourth-order valence-corrected chi connectivity index (χ4v) is 3.95. The van der Waals surface area contributed by atoms with Crippen molar-refractivity contribution >= 4 is 5.97 Å². The summed E-state index contributed by atoms with van der Waals surface area (Å²) in [6, 6.07) is 0. The van der Waals surface area contributed by atoms with Crippen LogP contribution in [0.1, 0.15) is 6.92 Å². The highest BCUT2D eigenvalue weighted by Crippen LogP contribution is 2.32. The molecule has 3 heterocycles. The van der Waals surface area contributed by atoms with Gasteiger partial charge >= 0.3 is 5.97 Å². The van der Waals surface area contributed by atoms with Crippen LogP contribution < -0.4 is 0 Å². The molecule has 34 heavy (non-hydrogen) atoms. The number of aliphatic hydroxyl groups is 9. The first kappa shape index (κ1) is 27.5. The van der Waals surface area contributed by atoms with Crippen molar-refractivity contribution in [2.24, 2.45) is 0 Å². The van der Waals surface area contributed by atoms with Crippen molar-refractivity contribution in [2.45, 2.75) is 99.0 Å². The van der Waals surface area contributed by atoms with Gasteiger partial charge in [0.05, 0.1) is 12.7 Å². The lowest BCUT2D eigenvalue weighted by Gasteiger charge is -2.47. The zero-order valence-electron chi connectivity index (χ0n) is 17.8. The Balaban J connectivity index is 1.86. The van der Waals surface area contributed by atoms with Crippen LogP contribution in [-0.2, 0) is 28.5 Å². The van der Waals surface area contributed by atoms with Gasteiger partial charge < -0.3 is 74.7 Å². The summed E-state index contributed by atoms with van der Waals surface area (Å²) >= 11 is 0. The number of rotatable bonds is 6. The quantitative estimate of drug-likeness (QED) is 0.162. The molecule has 3 rings (SSSR count). The molecule has 0 aromatic carbocycles. The molecule has 0 aliphatic carbocycles. The number of aliphatic hydroxyl groups excluding tert-OH is 9. The van der Waals surface area contributed by atoms with Gasteiger partial charge in [0.25, 0.3) is 0 Å². The van der Waals surface area contributed by atoms with Gasteiger partial charge in [0.1, 0.15) is 61.0 Å². The predicted octanol–water partition coefficient (Wildman–Crippen LogP) is -6.45. The molecule has 3 fully saturated rings. The maximum Gasteiger partial charge on any atom is 0.335 e. The zero-order valence-corrected chi connectivity index (χ0v) is 17.8. The van der Waals surface area contributed by atoms with E-state index in [0.29, 0.717) is 0 Å². The second-order valence-electron chi connectivity index (χ2n) is 8.36. The highest BCUT2D eigenvalue weighted by atomic mass is 16.8. The first-order chi connectivity index (χ1) is 15.9. The van der Waals surface area contributed by atoms with Gasteiger partial charge in [-0.15, -0.1) is 0 Å². The zero-order chi connectivity index (χ0) is 25.5. The summed E-state index contributed by atoms with van der Waals surface area (Å²) in [7, 11) is 0. The minimum Gasteiger partial charge on any atom is -0.479 e. The van der Waals surface area contributed by atoms with Gasteiger partial charge in [-0.25, -0.2) is 4.79 Å². The summed E-state index contributed by atoms with van der Waals surface area (Å²) in [6.45, 7) is 0.525. The fraction of sp³-hybridized carbons (Fsp3) is 0.944. The largest absolute Gasteiger partial charge is 0.479 e. The summed E-state index contributed by atoms with van der Waals surface area (Å²) in [5, 5.41) is 99.5. The molecule has 3 saturated heterocycles. The summed E-state index contributed by atoms with van der Waals surface area (Å²) in [4.78, 5) is 11.6. The lowest BCUT2D eigenvalue weighted by molar-refractivity contribution is -0.383. The van der Waals surface area contributed by atoms with E-state index in [1.54, 1.807) is 0 Å². The summed E-state index contributed by atoms with van der Waals surface area (Å²) in [6.07, 6.45) is -26.5. The molecular formula is C18H30O16. The topological polar surface area (TPSA) is 266 Å². The summed E-state index contributed by atoms with van der Waals surface area (Å²) in [5.74, 6) is -1.69. The molecule has 3 aliphatic rings. The highest BCUT2D eigenvalue weighted by Gasteiger charge is 2.54. The van der Waals surface area contributed by atoms with E-state index in [4.69, 9.17) is 23.7 Å². The number of ether oxygens (including phenoxy) is 5. The number of carboxylic acids is 1. The third kappa shape index (κ3) is 5.20. The molecule has 0 unspecified atom stereocenters. The molecule has 0 amide bonds. The van der Waals surface area contributed by atoms with Crippen LogP contribution in [0.5, 0.6) is 0 Å². The van der Waals surface area contributed by atoms with Crippen LogP contribution in [0.4, 0.5) is 0 Å². The molecule has 0 saturated carbocycles. The van der Waals surface area contributed by atoms with Crippen LogP contribution in [0, 0.1) is 0 Å². The van der Waals surface area contributed by atoms with E-state index in [0.717, 1.165) is 0 Å². The molecule has 16 heteroatoms. The van der Waals surface area contributed by atoms with E-state index in [9.17, 15) is 55.9 Å². The minimum absolute atomic E-state index is 0.831. The smallest absolute Gasteiger partial charge is 0.335 e. The summed E-state index contributed by atoms with van der Waals surface area (Å²) < 4.78 is 26.3. The second kappa shape index (κ2) is 10.9. The van der Waals surface area contributed by atoms with E-state index < -0.39 is 105 Å². The van der Waals surface area contributed by atoms with Gasteiger partial charge in [-0.3, -0.25) is 0 Å². The lowest BCUT2D eigenvalue weighted by atomic mass is 9.96. The van der Waals surface area contributed by atoms with Crippen LogP contribution in [-0.4, -0.2) is 156 Å². The van der Waals surface area contributed by atoms with Crippen LogP contribution in [0.3, 0.4) is 0 Å². The molecule has 0 spiro atoms. The number of hydrogen-bond acceptors (Lipinski definition) is 15. The Morgan fingerprint density at radius 1 is 0.706 bits per heavy atom. The van der Waals surface area contributed by atoms with Crippen molar-refractivity contribution in [3.8, 4) is 0 Å². The minimum atomic E-state index is -2.06. The van der Waals surface area contributed by atoms with Crippen LogP contribution in [0.15, 0.2) is 0 Å². The average molecular weight is 502 g/mol. The Kier molecular flexibility index (Phi) is 8.81. The van der Waals surface area contributed by atoms with Gasteiger partial charge in [-0.2, -0.15) is 0 Å². The molecule has 0 aromatic rings. The fourth-order valence-electron chi connectivity index (χ4n) is 3.95. The van der Waals surface area contributed by atoms with Gasteiger partial charge in [0.2, 0.25) is 0 Å². The van der Waals surface area contributed by atoms with E-state index >= 15 is 0 Å². The van der Waals surface area contributed by atoms with Gasteiger partial charge in [0, 0.05) is 0 Å². The predicted molar refractivity (Wildman–Crippen MR) is 100 cm³/mol. The van der Waals surface area contributed by atoms with Crippen molar-refractivity contribution in [2.75, 3.05) is 6.61 Å². The van der Waals surface area contributed by atoms with Crippen molar-refractivity contribution < 1.29 is 79.5 Å². The molecule has 0 radical (unpaired) electrons. The summed E-state index contributed by atoms with van der Waals surface area (Å²) in [5.41, 5.74) is 0. The van der Waals surface area contributed by atoms with Crippen LogP contribution in [0.2, 0.25) is 0 Å². The van der Waals surface area contributed by atoms with Gasteiger partial charge in [0.15, 0.2) is 25.0 Å². The van der Waals surface area contributed by atoms with E-state index in [1.807, 2.05) is 0 Å². The molecule has 3 aliphatic heterocycles. The number of carbonyl (C=O) groups is 1. The normalized spacial score (nSPS) is 52.4. The Morgan fingerprint density at radius 3 is 1.88 bits per heavy atom. The third-order valence-corrected chi connectivity index (χ3v) is 6.02. The lowest BCUT2D eigenvalue weighted by Crippen LogP contribution is -2.67. The van der Waals surface area contributed by atoms with E-state index in [-0.39, 0.29) is 0 Å². The Hall–Kier alpha value is -1.09. The number of aliphatic carboxylic acids is 1. The first-order valence-corrected chi connectivity index (χ1v) is 10.4. The Bertz CT molecular complexity index is 695. The molecular weight excluding hydrogens is 472 g/mol.